The number of anilines is 1. The SMILES string of the molecule is CCOc1ccc(N)c(S(=O)(=O)CCS(=O)(=O)CC)c1. The Balaban J connectivity index is 3.06. The Labute approximate surface area is 119 Å². The smallest absolute Gasteiger partial charge is 0.181 e. The molecule has 0 aliphatic rings. The lowest BCUT2D eigenvalue weighted by Gasteiger charge is -2.10. The Morgan fingerprint density at radius 2 is 1.75 bits per heavy atom. The van der Waals surface area contributed by atoms with Crippen molar-refractivity contribution in [3.8, 4) is 5.75 Å². The predicted molar refractivity (Wildman–Crippen MR) is 78.4 cm³/mol. The lowest BCUT2D eigenvalue weighted by molar-refractivity contribution is 0.339. The standard InChI is InChI=1S/C12H19NO5S2/c1-3-18-10-5-6-11(13)12(9-10)20(16,17)8-7-19(14,15)4-2/h5-6,9H,3-4,7-8,13H2,1-2H3. The van der Waals surface area contributed by atoms with E-state index in [0.717, 1.165) is 0 Å². The summed E-state index contributed by atoms with van der Waals surface area (Å²) in [6.07, 6.45) is 0. The van der Waals surface area contributed by atoms with Crippen LogP contribution >= 0.6 is 0 Å². The van der Waals surface area contributed by atoms with Crippen molar-refractivity contribution < 1.29 is 21.6 Å². The lowest BCUT2D eigenvalue weighted by atomic mass is 10.3. The molecule has 0 spiro atoms. The molecule has 0 atom stereocenters. The van der Waals surface area contributed by atoms with Crippen molar-refractivity contribution >= 4 is 25.4 Å². The van der Waals surface area contributed by atoms with Gasteiger partial charge in [-0.1, -0.05) is 6.92 Å². The molecule has 0 aliphatic carbocycles. The lowest BCUT2D eigenvalue weighted by Crippen LogP contribution is -2.19. The molecule has 0 amide bonds. The number of benzene rings is 1. The van der Waals surface area contributed by atoms with Gasteiger partial charge in [0.15, 0.2) is 19.7 Å². The van der Waals surface area contributed by atoms with E-state index >= 15 is 0 Å². The highest BCUT2D eigenvalue weighted by atomic mass is 32.2. The van der Waals surface area contributed by atoms with Crippen LogP contribution in [-0.4, -0.2) is 40.7 Å². The van der Waals surface area contributed by atoms with E-state index in [1.807, 2.05) is 0 Å². The van der Waals surface area contributed by atoms with Crippen LogP contribution < -0.4 is 10.5 Å². The van der Waals surface area contributed by atoms with Crippen LogP contribution in [0, 0.1) is 0 Å². The highest BCUT2D eigenvalue weighted by Crippen LogP contribution is 2.25. The molecular formula is C12H19NO5S2. The Kier molecular flexibility index (Phi) is 5.41. The Morgan fingerprint density at radius 1 is 1.10 bits per heavy atom. The summed E-state index contributed by atoms with van der Waals surface area (Å²) in [6.45, 7) is 3.65. The van der Waals surface area contributed by atoms with E-state index in [1.54, 1.807) is 13.0 Å². The van der Waals surface area contributed by atoms with Gasteiger partial charge < -0.3 is 10.5 Å². The molecule has 1 aromatic rings. The average molecular weight is 321 g/mol. The fourth-order valence-electron chi connectivity index (χ4n) is 1.53. The molecule has 0 bridgehead atoms. The van der Waals surface area contributed by atoms with Crippen molar-refractivity contribution in [3.63, 3.8) is 0 Å². The zero-order chi connectivity index (χ0) is 15.4. The topological polar surface area (TPSA) is 104 Å². The summed E-state index contributed by atoms with van der Waals surface area (Å²) in [4.78, 5) is -0.0882. The number of nitrogens with two attached hydrogens (primary N) is 1. The van der Waals surface area contributed by atoms with Gasteiger partial charge in [-0.3, -0.25) is 0 Å². The summed E-state index contributed by atoms with van der Waals surface area (Å²) >= 11 is 0. The van der Waals surface area contributed by atoms with Crippen LogP contribution in [0.4, 0.5) is 5.69 Å². The molecule has 1 rings (SSSR count). The number of ether oxygens (including phenoxy) is 1. The van der Waals surface area contributed by atoms with Crippen LogP contribution in [0.15, 0.2) is 23.1 Å². The van der Waals surface area contributed by atoms with Gasteiger partial charge in [-0.2, -0.15) is 0 Å². The molecule has 20 heavy (non-hydrogen) atoms. The summed E-state index contributed by atoms with van der Waals surface area (Å²) in [5.74, 6) is -0.594. The van der Waals surface area contributed by atoms with Gasteiger partial charge in [0, 0.05) is 11.8 Å². The van der Waals surface area contributed by atoms with Crippen LogP contribution in [-0.2, 0) is 19.7 Å². The summed E-state index contributed by atoms with van der Waals surface area (Å²) in [6, 6.07) is 4.33. The zero-order valence-electron chi connectivity index (χ0n) is 11.5. The van der Waals surface area contributed by atoms with Gasteiger partial charge >= 0.3 is 0 Å². The maximum absolute atomic E-state index is 12.2. The average Bonchev–Trinajstić information content (AvgIpc) is 2.39. The summed E-state index contributed by atoms with van der Waals surface area (Å²) in [5.41, 5.74) is 5.74. The van der Waals surface area contributed by atoms with Crippen LogP contribution in [0.2, 0.25) is 0 Å². The molecule has 114 valence electrons. The second kappa shape index (κ2) is 6.45. The number of hydrogen-bond acceptors (Lipinski definition) is 6. The van der Waals surface area contributed by atoms with Gasteiger partial charge in [-0.25, -0.2) is 16.8 Å². The maximum Gasteiger partial charge on any atom is 0.181 e. The zero-order valence-corrected chi connectivity index (χ0v) is 13.1. The highest BCUT2D eigenvalue weighted by molar-refractivity contribution is 7.95. The molecule has 0 heterocycles. The Hall–Kier alpha value is -1.28. The summed E-state index contributed by atoms with van der Waals surface area (Å²) < 4.78 is 52.4. The number of hydrogen-bond donors (Lipinski definition) is 1. The first-order valence-electron chi connectivity index (χ1n) is 6.17. The third-order valence-corrected chi connectivity index (χ3v) is 6.46. The Bertz CT molecular complexity index is 665. The summed E-state index contributed by atoms with van der Waals surface area (Å²) in [5, 5.41) is 0. The Morgan fingerprint density at radius 3 is 2.30 bits per heavy atom. The van der Waals surface area contributed by atoms with E-state index in [0.29, 0.717) is 12.4 Å². The molecule has 0 aliphatic heterocycles. The molecule has 1 aromatic carbocycles. The van der Waals surface area contributed by atoms with Crippen molar-refractivity contribution in [2.24, 2.45) is 0 Å². The third kappa shape index (κ3) is 4.38. The molecule has 0 saturated heterocycles. The van der Waals surface area contributed by atoms with Crippen molar-refractivity contribution in [3.05, 3.63) is 18.2 Å². The van der Waals surface area contributed by atoms with Crippen LogP contribution in [0.5, 0.6) is 5.75 Å². The molecule has 0 aromatic heterocycles. The second-order valence-corrected chi connectivity index (χ2v) is 8.74. The van der Waals surface area contributed by atoms with E-state index in [4.69, 9.17) is 10.5 Å². The fourth-order valence-corrected chi connectivity index (χ4v) is 4.66. The van der Waals surface area contributed by atoms with Crippen molar-refractivity contribution in [2.75, 3.05) is 29.6 Å². The summed E-state index contributed by atoms with van der Waals surface area (Å²) in [7, 11) is -7.10. The van der Waals surface area contributed by atoms with Gasteiger partial charge in [0.2, 0.25) is 0 Å². The largest absolute Gasteiger partial charge is 0.494 e. The monoisotopic (exact) mass is 321 g/mol. The van der Waals surface area contributed by atoms with Gasteiger partial charge in [0.1, 0.15) is 5.75 Å². The van der Waals surface area contributed by atoms with Crippen LogP contribution in [0.1, 0.15) is 13.8 Å². The van der Waals surface area contributed by atoms with Crippen LogP contribution in [0.25, 0.3) is 0 Å². The van der Waals surface area contributed by atoms with E-state index in [1.165, 1.54) is 19.1 Å². The first-order chi connectivity index (χ1) is 9.22. The minimum absolute atomic E-state index is 0.0855. The molecule has 0 radical (unpaired) electrons. The number of nitrogen functional groups attached to an aromatic ring is 1. The minimum atomic E-state index is -3.76. The molecule has 2 N–H and O–H groups in total. The van der Waals surface area contributed by atoms with Crippen molar-refractivity contribution in [1.82, 2.24) is 0 Å². The normalized spacial score (nSPS) is 12.3. The third-order valence-electron chi connectivity index (χ3n) is 2.73. The second-order valence-electron chi connectivity index (χ2n) is 4.19. The first-order valence-corrected chi connectivity index (χ1v) is 9.64. The quantitative estimate of drug-likeness (QED) is 0.748. The van der Waals surface area contributed by atoms with E-state index in [-0.39, 0.29) is 16.3 Å². The fraction of sp³-hybridized carbons (Fsp3) is 0.500. The maximum atomic E-state index is 12.2. The highest BCUT2D eigenvalue weighted by Gasteiger charge is 2.21. The van der Waals surface area contributed by atoms with Gasteiger partial charge in [-0.05, 0) is 19.1 Å². The predicted octanol–water partition coefficient (Wildman–Crippen LogP) is 0.876. The van der Waals surface area contributed by atoms with Crippen LogP contribution in [0.3, 0.4) is 0 Å². The van der Waals surface area contributed by atoms with Gasteiger partial charge in [-0.15, -0.1) is 0 Å². The first kappa shape index (κ1) is 16.8. The van der Waals surface area contributed by atoms with E-state index in [9.17, 15) is 16.8 Å². The molecular weight excluding hydrogens is 302 g/mol. The number of sulfone groups is 2. The molecule has 0 saturated carbocycles. The molecule has 0 unspecified atom stereocenters. The van der Waals surface area contributed by atoms with Crippen molar-refractivity contribution in [1.29, 1.82) is 0 Å². The van der Waals surface area contributed by atoms with E-state index in [2.05, 4.69) is 0 Å². The minimum Gasteiger partial charge on any atom is -0.494 e. The van der Waals surface area contributed by atoms with E-state index < -0.39 is 31.2 Å². The van der Waals surface area contributed by atoms with Crippen molar-refractivity contribution in [2.45, 2.75) is 18.7 Å². The molecule has 8 heteroatoms. The molecule has 6 nitrogen and oxygen atoms in total. The molecule has 0 fully saturated rings. The van der Waals surface area contributed by atoms with Gasteiger partial charge in [0.25, 0.3) is 0 Å². The number of rotatable bonds is 7. The van der Waals surface area contributed by atoms with Gasteiger partial charge in [0.05, 0.1) is 28.7 Å².